The van der Waals surface area contributed by atoms with Gasteiger partial charge in [0.2, 0.25) is 0 Å². The van der Waals surface area contributed by atoms with Crippen LogP contribution in [0.4, 0.5) is 0 Å². The summed E-state index contributed by atoms with van der Waals surface area (Å²) in [5.74, 6) is 0. The number of hydrogen-bond acceptors (Lipinski definition) is 2. The van der Waals surface area contributed by atoms with Crippen LogP contribution in [0.5, 0.6) is 0 Å². The Morgan fingerprint density at radius 2 is 0.810 bits per heavy atom. The summed E-state index contributed by atoms with van der Waals surface area (Å²) < 4.78 is 0. The van der Waals surface area contributed by atoms with Gasteiger partial charge in [0.1, 0.15) is 0 Å². The molecule has 0 heterocycles. The van der Waals surface area contributed by atoms with Crippen molar-refractivity contribution in [1.82, 2.24) is 0 Å². The van der Waals surface area contributed by atoms with Crippen LogP contribution in [0, 0.1) is 0 Å². The van der Waals surface area contributed by atoms with Crippen LogP contribution in [0.1, 0.15) is 104 Å². The van der Waals surface area contributed by atoms with Crippen molar-refractivity contribution in [2.24, 2.45) is 9.98 Å². The lowest BCUT2D eigenvalue weighted by molar-refractivity contribution is 0.578. The van der Waals surface area contributed by atoms with Crippen molar-refractivity contribution >= 4 is 6.01 Å². The maximum absolute atomic E-state index is 4.25. The molecule has 0 unspecified atom stereocenters. The van der Waals surface area contributed by atoms with E-state index in [0.29, 0.717) is 0 Å². The van der Waals surface area contributed by atoms with E-state index in [1.54, 1.807) is 0 Å². The minimum atomic E-state index is 0.910. The third kappa shape index (κ3) is 19.4. The first kappa shape index (κ1) is 20.4. The average Bonchev–Trinajstić information content (AvgIpc) is 2.50. The Kier molecular flexibility index (Phi) is 18.8. The molecule has 0 bridgehead atoms. The molecule has 21 heavy (non-hydrogen) atoms. The van der Waals surface area contributed by atoms with Gasteiger partial charge in [-0.25, -0.2) is 9.98 Å². The van der Waals surface area contributed by atoms with Crippen LogP contribution in [-0.2, 0) is 0 Å². The van der Waals surface area contributed by atoms with Crippen molar-refractivity contribution in [3.05, 3.63) is 0 Å². The van der Waals surface area contributed by atoms with Crippen LogP contribution >= 0.6 is 0 Å². The van der Waals surface area contributed by atoms with E-state index in [1.165, 1.54) is 89.9 Å². The van der Waals surface area contributed by atoms with E-state index in [9.17, 15) is 0 Å². The number of aliphatic imine (C=N–C) groups is 2. The van der Waals surface area contributed by atoms with Gasteiger partial charge in [-0.3, -0.25) is 0 Å². The molecule has 0 rings (SSSR count). The monoisotopic (exact) mass is 294 g/mol. The lowest BCUT2D eigenvalue weighted by Crippen LogP contribution is -1.84. The zero-order valence-electron chi connectivity index (χ0n) is 14.7. The number of unbranched alkanes of at least 4 members (excludes halogenated alkanes) is 12. The molecule has 0 spiro atoms. The third-order valence-electron chi connectivity index (χ3n) is 3.89. The fourth-order valence-electron chi connectivity index (χ4n) is 2.45. The molecule has 0 saturated heterocycles. The summed E-state index contributed by atoms with van der Waals surface area (Å²) in [7, 11) is 0. The smallest absolute Gasteiger partial charge is 0.0892 e. The van der Waals surface area contributed by atoms with Crippen LogP contribution in [0.2, 0.25) is 0 Å². The predicted molar refractivity (Wildman–Crippen MR) is 95.6 cm³/mol. The molecule has 2 heteroatoms. The van der Waals surface area contributed by atoms with Gasteiger partial charge in [0.25, 0.3) is 0 Å². The van der Waals surface area contributed by atoms with Crippen LogP contribution in [-0.4, -0.2) is 19.1 Å². The molecule has 0 aromatic heterocycles. The molecule has 0 amide bonds. The number of rotatable bonds is 16. The minimum absolute atomic E-state index is 0.910. The van der Waals surface area contributed by atoms with Crippen molar-refractivity contribution in [2.45, 2.75) is 104 Å². The largest absolute Gasteiger partial charge is 0.226 e. The van der Waals surface area contributed by atoms with E-state index in [1.807, 2.05) is 0 Å². The van der Waals surface area contributed by atoms with Gasteiger partial charge in [-0.15, -0.1) is 0 Å². The highest BCUT2D eigenvalue weighted by atomic mass is 14.8. The second-order valence-electron chi connectivity index (χ2n) is 6.11. The van der Waals surface area contributed by atoms with Crippen LogP contribution in [0.25, 0.3) is 0 Å². The highest BCUT2D eigenvalue weighted by Crippen LogP contribution is 2.08. The van der Waals surface area contributed by atoms with Crippen LogP contribution in [0.3, 0.4) is 0 Å². The quantitative estimate of drug-likeness (QED) is 0.224. The van der Waals surface area contributed by atoms with Gasteiger partial charge in [0.15, 0.2) is 0 Å². The Labute approximate surface area is 133 Å². The van der Waals surface area contributed by atoms with Gasteiger partial charge in [0.05, 0.1) is 6.01 Å². The fraction of sp³-hybridized carbons (Fsp3) is 0.947. The SMILES string of the molecule is CCCCCCCCCCN=C=NCCCCCCCC. The Bertz CT molecular complexity index is 242. The van der Waals surface area contributed by atoms with Crippen molar-refractivity contribution in [1.29, 1.82) is 0 Å². The molecule has 0 saturated carbocycles. The Hall–Kier alpha value is -0.620. The van der Waals surface area contributed by atoms with Crippen LogP contribution in [0.15, 0.2) is 9.98 Å². The lowest BCUT2D eigenvalue weighted by Gasteiger charge is -1.99. The molecule has 0 aliphatic heterocycles. The summed E-state index contributed by atoms with van der Waals surface area (Å²) in [6.45, 7) is 6.35. The Balaban J connectivity index is 3.15. The van der Waals surface area contributed by atoms with Gasteiger partial charge in [0, 0.05) is 13.1 Å². The molecular formula is C19H38N2. The normalized spacial score (nSPS) is 10.4. The topological polar surface area (TPSA) is 24.7 Å². The summed E-state index contributed by atoms with van der Waals surface area (Å²) in [5.41, 5.74) is 0. The standard InChI is InChI=1S/C19H38N2/c1-3-5-7-9-11-12-14-16-18-21-19-20-17-15-13-10-8-6-4-2/h3-18H2,1-2H3. The molecule has 2 nitrogen and oxygen atoms in total. The fourth-order valence-corrected chi connectivity index (χ4v) is 2.45. The second kappa shape index (κ2) is 19.4. The van der Waals surface area contributed by atoms with Crippen LogP contribution < -0.4 is 0 Å². The molecule has 0 radical (unpaired) electrons. The van der Waals surface area contributed by atoms with Crippen molar-refractivity contribution in [2.75, 3.05) is 13.1 Å². The zero-order valence-corrected chi connectivity index (χ0v) is 14.7. The van der Waals surface area contributed by atoms with Crippen molar-refractivity contribution in [3.63, 3.8) is 0 Å². The summed E-state index contributed by atoms with van der Waals surface area (Å²) >= 11 is 0. The predicted octanol–water partition coefficient (Wildman–Crippen LogP) is 6.66. The highest BCUT2D eigenvalue weighted by Gasteiger charge is 1.90. The molecule has 0 N–H and O–H groups in total. The molecule has 0 aliphatic carbocycles. The van der Waals surface area contributed by atoms with Crippen molar-refractivity contribution < 1.29 is 0 Å². The van der Waals surface area contributed by atoms with E-state index >= 15 is 0 Å². The molecule has 0 fully saturated rings. The molecule has 0 aromatic rings. The molecule has 0 atom stereocenters. The Morgan fingerprint density at radius 1 is 0.476 bits per heavy atom. The first-order valence-corrected chi connectivity index (χ1v) is 9.49. The maximum atomic E-state index is 4.25. The second-order valence-corrected chi connectivity index (χ2v) is 6.11. The van der Waals surface area contributed by atoms with E-state index < -0.39 is 0 Å². The van der Waals surface area contributed by atoms with Gasteiger partial charge in [-0.2, -0.15) is 0 Å². The van der Waals surface area contributed by atoms with E-state index in [4.69, 9.17) is 0 Å². The summed E-state index contributed by atoms with van der Waals surface area (Å²) in [6, 6.07) is 2.86. The number of nitrogens with zero attached hydrogens (tertiary/aromatic N) is 2. The van der Waals surface area contributed by atoms with Gasteiger partial charge < -0.3 is 0 Å². The summed E-state index contributed by atoms with van der Waals surface area (Å²) in [5, 5.41) is 0. The van der Waals surface area contributed by atoms with Gasteiger partial charge in [-0.05, 0) is 12.8 Å². The highest BCUT2D eigenvalue weighted by molar-refractivity contribution is 5.40. The first-order valence-electron chi connectivity index (χ1n) is 9.49. The minimum Gasteiger partial charge on any atom is -0.226 e. The third-order valence-corrected chi connectivity index (χ3v) is 3.89. The zero-order chi connectivity index (χ0) is 15.4. The van der Waals surface area contributed by atoms with Crippen molar-refractivity contribution in [3.8, 4) is 0 Å². The van der Waals surface area contributed by atoms with E-state index in [-0.39, 0.29) is 0 Å². The van der Waals surface area contributed by atoms with E-state index in [2.05, 4.69) is 29.8 Å². The molecule has 124 valence electrons. The Morgan fingerprint density at radius 3 is 1.19 bits per heavy atom. The lowest BCUT2D eigenvalue weighted by atomic mass is 10.1. The maximum Gasteiger partial charge on any atom is 0.0892 e. The molecule has 0 aliphatic rings. The number of hydrogen-bond donors (Lipinski definition) is 0. The molecular weight excluding hydrogens is 256 g/mol. The average molecular weight is 295 g/mol. The molecule has 0 aromatic carbocycles. The summed E-state index contributed by atoms with van der Waals surface area (Å²) in [4.78, 5) is 8.49. The van der Waals surface area contributed by atoms with Gasteiger partial charge in [-0.1, -0.05) is 90.9 Å². The first-order chi connectivity index (χ1) is 10.4. The summed E-state index contributed by atoms with van der Waals surface area (Å²) in [6.07, 6.45) is 18.8. The van der Waals surface area contributed by atoms with E-state index in [0.717, 1.165) is 13.1 Å². The van der Waals surface area contributed by atoms with Gasteiger partial charge >= 0.3 is 0 Å².